The minimum Gasteiger partial charge on any atom is -0.492 e. The summed E-state index contributed by atoms with van der Waals surface area (Å²) < 4.78 is 16.1. The quantitative estimate of drug-likeness (QED) is 0.663. The Balaban J connectivity index is 1.26. The number of fused-ring (bicyclic) bond motifs is 1. The Bertz CT molecular complexity index is 876. The lowest BCUT2D eigenvalue weighted by molar-refractivity contribution is 0.0942. The van der Waals surface area contributed by atoms with Gasteiger partial charge in [0.25, 0.3) is 5.91 Å². The van der Waals surface area contributed by atoms with E-state index in [0.717, 1.165) is 10.6 Å². The number of carbonyl (C=O) groups excluding carboxylic acids is 1. The van der Waals surface area contributed by atoms with Gasteiger partial charge in [-0.05, 0) is 29.6 Å². The lowest BCUT2D eigenvalue weighted by atomic mass is 10.3. The highest BCUT2D eigenvalue weighted by Gasteiger charge is 2.14. The number of aromatic nitrogens is 2. The Morgan fingerprint density at radius 1 is 1.28 bits per heavy atom. The highest BCUT2D eigenvalue weighted by Crippen LogP contribution is 2.35. The van der Waals surface area contributed by atoms with Crippen molar-refractivity contribution >= 4 is 17.2 Å². The number of rotatable bonds is 6. The minimum atomic E-state index is -0.242. The first kappa shape index (κ1) is 15.5. The molecule has 0 fully saturated rings. The molecule has 0 radical (unpaired) electrons. The number of benzene rings is 1. The monoisotopic (exact) mass is 357 g/mol. The third kappa shape index (κ3) is 3.43. The molecule has 25 heavy (non-hydrogen) atoms. The predicted octanol–water partition coefficient (Wildman–Crippen LogP) is 2.68. The van der Waals surface area contributed by atoms with Gasteiger partial charge in [-0.15, -0.1) is 11.3 Å². The lowest BCUT2D eigenvalue weighted by Crippen LogP contribution is -2.28. The van der Waals surface area contributed by atoms with Crippen molar-refractivity contribution in [3.63, 3.8) is 0 Å². The third-order valence-corrected chi connectivity index (χ3v) is 4.50. The van der Waals surface area contributed by atoms with E-state index >= 15 is 0 Å². The van der Waals surface area contributed by atoms with Crippen LogP contribution >= 0.6 is 11.3 Å². The van der Waals surface area contributed by atoms with Crippen LogP contribution in [0.15, 0.2) is 41.8 Å². The third-order valence-electron chi connectivity index (χ3n) is 3.60. The Kier molecular flexibility index (Phi) is 4.26. The Labute approximate surface area is 147 Å². The van der Waals surface area contributed by atoms with Gasteiger partial charge in [-0.2, -0.15) is 5.10 Å². The van der Waals surface area contributed by atoms with Gasteiger partial charge in [0.05, 0.1) is 17.1 Å². The maximum atomic E-state index is 12.1. The van der Waals surface area contributed by atoms with Crippen molar-refractivity contribution in [2.45, 2.75) is 0 Å². The number of nitrogens with one attached hydrogen (secondary N) is 2. The summed E-state index contributed by atoms with van der Waals surface area (Å²) in [5, 5.41) is 11.7. The van der Waals surface area contributed by atoms with Crippen LogP contribution in [-0.4, -0.2) is 36.0 Å². The summed E-state index contributed by atoms with van der Waals surface area (Å²) in [7, 11) is 0. The highest BCUT2D eigenvalue weighted by molar-refractivity contribution is 7.13. The van der Waals surface area contributed by atoms with E-state index in [1.807, 2.05) is 17.5 Å². The van der Waals surface area contributed by atoms with Crippen molar-refractivity contribution in [3.8, 4) is 27.8 Å². The second-order valence-electron chi connectivity index (χ2n) is 5.26. The number of thiophene rings is 1. The summed E-state index contributed by atoms with van der Waals surface area (Å²) in [5.41, 5.74) is 1.18. The van der Waals surface area contributed by atoms with Crippen molar-refractivity contribution in [2.24, 2.45) is 0 Å². The summed E-state index contributed by atoms with van der Waals surface area (Å²) in [4.78, 5) is 13.1. The van der Waals surface area contributed by atoms with Crippen LogP contribution < -0.4 is 19.5 Å². The standard InChI is InChI=1S/C17H15N3O4S/c21-17(13-9-12(19-20-13)16-2-1-7-25-16)18-5-6-22-11-3-4-14-15(8-11)24-10-23-14/h1-4,7-9H,5-6,10H2,(H,18,21)(H,19,20). The molecule has 1 amide bonds. The molecule has 0 unspecified atom stereocenters. The van der Waals surface area contributed by atoms with Crippen molar-refractivity contribution in [2.75, 3.05) is 19.9 Å². The van der Waals surface area contributed by atoms with E-state index in [4.69, 9.17) is 14.2 Å². The van der Waals surface area contributed by atoms with E-state index in [1.54, 1.807) is 35.6 Å². The zero-order valence-corrected chi connectivity index (χ0v) is 14.0. The molecule has 1 aromatic carbocycles. The number of nitrogens with zero attached hydrogens (tertiary/aromatic N) is 1. The van der Waals surface area contributed by atoms with Crippen molar-refractivity contribution in [3.05, 3.63) is 47.5 Å². The molecule has 128 valence electrons. The van der Waals surface area contributed by atoms with Crippen LogP contribution in [0.1, 0.15) is 10.5 Å². The molecule has 0 atom stereocenters. The predicted molar refractivity (Wildman–Crippen MR) is 92.3 cm³/mol. The van der Waals surface area contributed by atoms with Gasteiger partial charge in [0.15, 0.2) is 17.2 Å². The molecule has 0 aliphatic carbocycles. The van der Waals surface area contributed by atoms with E-state index in [0.29, 0.717) is 36.1 Å². The molecule has 2 aromatic heterocycles. The molecule has 1 aliphatic rings. The highest BCUT2D eigenvalue weighted by atomic mass is 32.1. The SMILES string of the molecule is O=C(NCCOc1ccc2c(c1)OCO2)c1cc(-c2cccs2)[nH]n1. The molecular weight excluding hydrogens is 342 g/mol. The molecule has 3 heterocycles. The summed E-state index contributed by atoms with van der Waals surface area (Å²) >= 11 is 1.59. The Hall–Kier alpha value is -3.00. The van der Waals surface area contributed by atoms with Crippen LogP contribution in [0, 0.1) is 0 Å². The molecule has 8 heteroatoms. The van der Waals surface area contributed by atoms with E-state index in [9.17, 15) is 4.79 Å². The van der Waals surface area contributed by atoms with E-state index in [1.165, 1.54) is 0 Å². The first-order valence-electron chi connectivity index (χ1n) is 7.69. The van der Waals surface area contributed by atoms with Crippen molar-refractivity contribution < 1.29 is 19.0 Å². The Morgan fingerprint density at radius 3 is 3.08 bits per heavy atom. The largest absolute Gasteiger partial charge is 0.492 e. The number of H-pyrrole nitrogens is 1. The fourth-order valence-electron chi connectivity index (χ4n) is 2.39. The average molecular weight is 357 g/mol. The summed E-state index contributed by atoms with van der Waals surface area (Å²) in [6.45, 7) is 0.939. The van der Waals surface area contributed by atoms with Crippen LogP contribution in [-0.2, 0) is 0 Å². The smallest absolute Gasteiger partial charge is 0.271 e. The topological polar surface area (TPSA) is 85.5 Å². The average Bonchev–Trinajstić information content (AvgIpc) is 3.38. The zero-order valence-electron chi connectivity index (χ0n) is 13.2. The summed E-state index contributed by atoms with van der Waals surface area (Å²) in [6, 6.07) is 11.0. The maximum absolute atomic E-state index is 12.1. The number of ether oxygens (including phenoxy) is 3. The molecule has 0 saturated carbocycles. The fraction of sp³-hybridized carbons (Fsp3) is 0.176. The van der Waals surface area contributed by atoms with Crippen LogP contribution in [0.25, 0.3) is 10.6 Å². The number of amides is 1. The van der Waals surface area contributed by atoms with Gasteiger partial charge in [-0.25, -0.2) is 0 Å². The number of hydrogen-bond acceptors (Lipinski definition) is 6. The number of carbonyl (C=O) groups is 1. The molecule has 0 bridgehead atoms. The van der Waals surface area contributed by atoms with Gasteiger partial charge >= 0.3 is 0 Å². The zero-order chi connectivity index (χ0) is 17.1. The molecular formula is C17H15N3O4S. The molecule has 0 saturated heterocycles. The van der Waals surface area contributed by atoms with Crippen molar-refractivity contribution in [1.82, 2.24) is 15.5 Å². The number of aromatic amines is 1. The Morgan fingerprint density at radius 2 is 2.20 bits per heavy atom. The van der Waals surface area contributed by atoms with Crippen LogP contribution in [0.2, 0.25) is 0 Å². The second-order valence-corrected chi connectivity index (χ2v) is 6.21. The fourth-order valence-corrected chi connectivity index (χ4v) is 3.08. The summed E-state index contributed by atoms with van der Waals surface area (Å²) in [5.74, 6) is 1.80. The normalized spacial score (nSPS) is 12.2. The van der Waals surface area contributed by atoms with Crippen molar-refractivity contribution in [1.29, 1.82) is 0 Å². The molecule has 0 spiro atoms. The first-order chi connectivity index (χ1) is 12.3. The van der Waals surface area contributed by atoms with Gasteiger partial charge in [0.2, 0.25) is 6.79 Å². The molecule has 3 aromatic rings. The second kappa shape index (κ2) is 6.86. The molecule has 7 nitrogen and oxygen atoms in total. The van der Waals surface area contributed by atoms with Gasteiger partial charge in [0.1, 0.15) is 12.4 Å². The van der Waals surface area contributed by atoms with E-state index in [2.05, 4.69) is 15.5 Å². The van der Waals surface area contributed by atoms with Crippen LogP contribution in [0.5, 0.6) is 17.2 Å². The van der Waals surface area contributed by atoms with Gasteiger partial charge in [-0.3, -0.25) is 9.89 Å². The minimum absolute atomic E-state index is 0.228. The summed E-state index contributed by atoms with van der Waals surface area (Å²) in [6.07, 6.45) is 0. The van der Waals surface area contributed by atoms with Gasteiger partial charge in [-0.1, -0.05) is 6.07 Å². The number of hydrogen-bond donors (Lipinski definition) is 2. The van der Waals surface area contributed by atoms with Gasteiger partial charge in [0, 0.05) is 6.07 Å². The van der Waals surface area contributed by atoms with E-state index < -0.39 is 0 Å². The van der Waals surface area contributed by atoms with Crippen LogP contribution in [0.3, 0.4) is 0 Å². The van der Waals surface area contributed by atoms with Crippen LogP contribution in [0.4, 0.5) is 0 Å². The molecule has 1 aliphatic heterocycles. The van der Waals surface area contributed by atoms with E-state index in [-0.39, 0.29) is 12.7 Å². The lowest BCUT2D eigenvalue weighted by Gasteiger charge is -2.07. The maximum Gasteiger partial charge on any atom is 0.271 e. The molecule has 2 N–H and O–H groups in total. The molecule has 4 rings (SSSR count). The first-order valence-corrected chi connectivity index (χ1v) is 8.57. The van der Waals surface area contributed by atoms with Gasteiger partial charge < -0.3 is 19.5 Å².